The lowest BCUT2D eigenvalue weighted by Crippen LogP contribution is -2.00. The Morgan fingerprint density at radius 3 is 2.67 bits per heavy atom. The summed E-state index contributed by atoms with van der Waals surface area (Å²) < 4.78 is 11.0. The van der Waals surface area contributed by atoms with Gasteiger partial charge in [-0.1, -0.05) is 0 Å². The molecule has 0 aliphatic rings. The zero-order chi connectivity index (χ0) is 17.4. The van der Waals surface area contributed by atoms with Crippen molar-refractivity contribution in [1.82, 2.24) is 4.98 Å². The quantitative estimate of drug-likeness (QED) is 0.453. The summed E-state index contributed by atoms with van der Waals surface area (Å²) in [4.78, 5) is 14.0. The van der Waals surface area contributed by atoms with E-state index in [2.05, 4.69) is 15.5 Å². The van der Waals surface area contributed by atoms with E-state index in [1.165, 1.54) is 18.3 Å². The fourth-order valence-corrected chi connectivity index (χ4v) is 1.89. The fraction of sp³-hybridized carbons (Fsp3) is 0.250. The first-order valence-electron chi connectivity index (χ1n) is 7.43. The summed E-state index contributed by atoms with van der Waals surface area (Å²) in [5, 5.41) is 14.7. The van der Waals surface area contributed by atoms with E-state index in [1.54, 1.807) is 12.3 Å². The second-order valence-electron chi connectivity index (χ2n) is 4.59. The molecule has 1 aromatic carbocycles. The molecule has 1 heterocycles. The van der Waals surface area contributed by atoms with Crippen LogP contribution in [0.15, 0.2) is 41.6 Å². The lowest BCUT2D eigenvalue weighted by atomic mass is 10.2. The summed E-state index contributed by atoms with van der Waals surface area (Å²) in [5.41, 5.74) is 3.42. The molecule has 0 amide bonds. The smallest absolute Gasteiger partial charge is 0.287 e. The third kappa shape index (κ3) is 4.67. The molecule has 0 aliphatic carbocycles. The van der Waals surface area contributed by atoms with Crippen molar-refractivity contribution >= 4 is 17.7 Å². The van der Waals surface area contributed by atoms with Gasteiger partial charge in [-0.25, -0.2) is 4.98 Å². The molecule has 2 aromatic rings. The van der Waals surface area contributed by atoms with Crippen LogP contribution >= 0.6 is 0 Å². The van der Waals surface area contributed by atoms with Crippen molar-refractivity contribution in [1.29, 1.82) is 0 Å². The van der Waals surface area contributed by atoms with Crippen molar-refractivity contribution in [2.75, 3.05) is 18.6 Å². The second kappa shape index (κ2) is 8.47. The van der Waals surface area contributed by atoms with Gasteiger partial charge in [0.1, 0.15) is 23.5 Å². The molecule has 2 rings (SSSR count). The van der Waals surface area contributed by atoms with E-state index in [0.717, 1.165) is 11.3 Å². The van der Waals surface area contributed by atoms with Gasteiger partial charge in [-0.2, -0.15) is 5.10 Å². The molecule has 1 aromatic heterocycles. The maximum atomic E-state index is 10.6. The van der Waals surface area contributed by atoms with Crippen LogP contribution in [0, 0.1) is 10.1 Å². The molecule has 0 aliphatic heterocycles. The van der Waals surface area contributed by atoms with Crippen molar-refractivity contribution in [3.05, 3.63) is 52.2 Å². The highest BCUT2D eigenvalue weighted by molar-refractivity contribution is 5.84. The third-order valence-corrected chi connectivity index (χ3v) is 2.94. The second-order valence-corrected chi connectivity index (χ2v) is 4.59. The Hall–Kier alpha value is -3.16. The highest BCUT2D eigenvalue weighted by Gasteiger charge is 2.05. The minimum atomic E-state index is -0.506. The Balaban J connectivity index is 2.08. The number of nitrogens with one attached hydrogen (secondary N) is 1. The average Bonchev–Trinajstić information content (AvgIpc) is 2.58. The van der Waals surface area contributed by atoms with E-state index in [0.29, 0.717) is 24.8 Å². The van der Waals surface area contributed by atoms with E-state index in [-0.39, 0.29) is 5.69 Å². The minimum Gasteiger partial charge on any atom is -0.494 e. The number of pyridine rings is 1. The molecule has 0 saturated heterocycles. The number of hydrogen-bond donors (Lipinski definition) is 1. The Kier molecular flexibility index (Phi) is 6.07. The normalized spacial score (nSPS) is 10.6. The molecule has 0 unspecified atom stereocenters. The summed E-state index contributed by atoms with van der Waals surface area (Å²) in [6, 6.07) is 8.31. The van der Waals surface area contributed by atoms with Crippen molar-refractivity contribution in [2.24, 2.45) is 5.10 Å². The van der Waals surface area contributed by atoms with Crippen LogP contribution in [0.3, 0.4) is 0 Å². The van der Waals surface area contributed by atoms with Crippen LogP contribution in [0.2, 0.25) is 0 Å². The largest absolute Gasteiger partial charge is 0.494 e. The zero-order valence-corrected chi connectivity index (χ0v) is 13.4. The number of hydrazone groups is 1. The van der Waals surface area contributed by atoms with Crippen LogP contribution in [0.4, 0.5) is 11.5 Å². The first-order chi connectivity index (χ1) is 11.6. The Labute approximate surface area is 139 Å². The van der Waals surface area contributed by atoms with Gasteiger partial charge in [0, 0.05) is 17.7 Å². The van der Waals surface area contributed by atoms with Crippen LogP contribution in [-0.4, -0.2) is 29.3 Å². The molecule has 8 heteroatoms. The predicted octanol–water partition coefficient (Wildman–Crippen LogP) is 3.23. The van der Waals surface area contributed by atoms with E-state index < -0.39 is 4.92 Å². The van der Waals surface area contributed by atoms with E-state index in [1.807, 2.05) is 26.0 Å². The van der Waals surface area contributed by atoms with Crippen LogP contribution in [0.25, 0.3) is 0 Å². The van der Waals surface area contributed by atoms with Gasteiger partial charge in [0.05, 0.1) is 24.4 Å². The average molecular weight is 330 g/mol. The number of hydrogen-bond acceptors (Lipinski definition) is 7. The van der Waals surface area contributed by atoms with E-state index in [9.17, 15) is 10.1 Å². The standard InChI is InChI=1S/C16H18N4O4/c1-3-23-14-7-5-12(15(9-14)24-4-2)10-18-19-16-8-6-13(11-17-16)20(21)22/h5-11H,3-4H2,1-2H3,(H,17,19)/b18-10+. The summed E-state index contributed by atoms with van der Waals surface area (Å²) in [6.07, 6.45) is 2.75. The number of ether oxygens (including phenoxy) is 2. The van der Waals surface area contributed by atoms with Gasteiger partial charge >= 0.3 is 0 Å². The molecule has 0 radical (unpaired) electrons. The number of nitro groups is 1. The first-order valence-corrected chi connectivity index (χ1v) is 7.43. The van der Waals surface area contributed by atoms with Gasteiger partial charge in [0.25, 0.3) is 5.69 Å². The maximum absolute atomic E-state index is 10.6. The molecule has 8 nitrogen and oxygen atoms in total. The summed E-state index contributed by atoms with van der Waals surface area (Å²) in [7, 11) is 0. The van der Waals surface area contributed by atoms with Crippen molar-refractivity contribution in [3.63, 3.8) is 0 Å². The maximum Gasteiger partial charge on any atom is 0.287 e. The van der Waals surface area contributed by atoms with Gasteiger partial charge in [0.15, 0.2) is 0 Å². The predicted molar refractivity (Wildman–Crippen MR) is 90.9 cm³/mol. The van der Waals surface area contributed by atoms with Gasteiger partial charge in [-0.3, -0.25) is 15.5 Å². The number of nitrogens with zero attached hydrogens (tertiary/aromatic N) is 3. The van der Waals surface area contributed by atoms with Crippen molar-refractivity contribution < 1.29 is 14.4 Å². The zero-order valence-electron chi connectivity index (χ0n) is 13.4. The SMILES string of the molecule is CCOc1ccc(/C=N/Nc2ccc([N+](=O)[O-])cn2)c(OCC)c1. The number of anilines is 1. The first kappa shape index (κ1) is 17.2. The number of aromatic nitrogens is 1. The van der Waals surface area contributed by atoms with Crippen molar-refractivity contribution in [2.45, 2.75) is 13.8 Å². The summed E-state index contributed by atoms with van der Waals surface area (Å²) >= 11 is 0. The molecule has 0 spiro atoms. The lowest BCUT2D eigenvalue weighted by molar-refractivity contribution is -0.385. The van der Waals surface area contributed by atoms with Gasteiger partial charge in [-0.15, -0.1) is 0 Å². The molecule has 0 fully saturated rings. The molecular formula is C16H18N4O4. The van der Waals surface area contributed by atoms with Gasteiger partial charge in [-0.05, 0) is 32.0 Å². The van der Waals surface area contributed by atoms with Crippen LogP contribution in [-0.2, 0) is 0 Å². The van der Waals surface area contributed by atoms with Crippen molar-refractivity contribution in [3.8, 4) is 11.5 Å². The minimum absolute atomic E-state index is 0.0744. The highest BCUT2D eigenvalue weighted by Crippen LogP contribution is 2.24. The summed E-state index contributed by atoms with van der Waals surface area (Å²) in [6.45, 7) is 4.91. The van der Waals surface area contributed by atoms with E-state index >= 15 is 0 Å². The Morgan fingerprint density at radius 1 is 1.25 bits per heavy atom. The number of benzene rings is 1. The molecule has 126 valence electrons. The van der Waals surface area contributed by atoms with Crippen LogP contribution in [0.5, 0.6) is 11.5 Å². The van der Waals surface area contributed by atoms with E-state index in [4.69, 9.17) is 9.47 Å². The molecule has 0 atom stereocenters. The Bertz CT molecular complexity index is 717. The topological polar surface area (TPSA) is 98.9 Å². The van der Waals surface area contributed by atoms with Gasteiger partial charge < -0.3 is 9.47 Å². The van der Waals surface area contributed by atoms with Gasteiger partial charge in [0.2, 0.25) is 0 Å². The van der Waals surface area contributed by atoms with Crippen LogP contribution in [0.1, 0.15) is 19.4 Å². The fourth-order valence-electron chi connectivity index (χ4n) is 1.89. The molecule has 1 N–H and O–H groups in total. The lowest BCUT2D eigenvalue weighted by Gasteiger charge is -2.10. The summed E-state index contributed by atoms with van der Waals surface area (Å²) in [5.74, 6) is 1.79. The number of rotatable bonds is 8. The third-order valence-electron chi connectivity index (χ3n) is 2.94. The highest BCUT2D eigenvalue weighted by atomic mass is 16.6. The molecule has 24 heavy (non-hydrogen) atoms. The Morgan fingerprint density at radius 2 is 2.04 bits per heavy atom. The monoisotopic (exact) mass is 330 g/mol. The van der Waals surface area contributed by atoms with Crippen LogP contribution < -0.4 is 14.9 Å². The molecule has 0 bridgehead atoms. The molecular weight excluding hydrogens is 312 g/mol. The molecule has 0 saturated carbocycles.